The first-order chi connectivity index (χ1) is 13.5. The van der Waals surface area contributed by atoms with Crippen molar-refractivity contribution in [3.8, 4) is 5.75 Å². The number of carbonyl (C=O) groups is 1. The smallest absolute Gasteiger partial charge is 0.276 e. The van der Waals surface area contributed by atoms with Gasteiger partial charge in [0.2, 0.25) is 0 Å². The Hall–Kier alpha value is -2.47. The molecule has 1 aliphatic heterocycles. The normalized spacial score (nSPS) is 18.2. The fourth-order valence-corrected chi connectivity index (χ4v) is 3.77. The van der Waals surface area contributed by atoms with Crippen molar-refractivity contribution in [2.45, 2.75) is 32.9 Å². The molecular formula is C22H28FN3O2. The minimum Gasteiger partial charge on any atom is -0.494 e. The maximum atomic E-state index is 13.2. The van der Waals surface area contributed by atoms with Crippen LogP contribution in [0.5, 0.6) is 5.75 Å². The lowest BCUT2D eigenvalue weighted by molar-refractivity contribution is 0.0693. The third-order valence-electron chi connectivity index (χ3n) is 5.30. The standard InChI is InChI=1S/C22H28FN3O2/c1-16(2)19-15-26(22(27)21-20(28-3)6-4-11-24-21)13-5-12-25(19)14-17-7-9-18(23)10-8-17/h4,6-11,16,19H,5,12-15H2,1-3H3. The zero-order valence-corrected chi connectivity index (χ0v) is 16.8. The van der Waals surface area contributed by atoms with Gasteiger partial charge in [-0.1, -0.05) is 26.0 Å². The number of amides is 1. The van der Waals surface area contributed by atoms with Crippen LogP contribution in [0.4, 0.5) is 4.39 Å². The summed E-state index contributed by atoms with van der Waals surface area (Å²) in [6, 6.07) is 10.4. The Balaban J connectivity index is 1.78. The Labute approximate surface area is 166 Å². The van der Waals surface area contributed by atoms with Gasteiger partial charge in [0.15, 0.2) is 5.69 Å². The average Bonchev–Trinajstić information content (AvgIpc) is 2.92. The molecule has 1 unspecified atom stereocenters. The van der Waals surface area contributed by atoms with Gasteiger partial charge in [0, 0.05) is 38.4 Å². The predicted molar refractivity (Wildman–Crippen MR) is 107 cm³/mol. The first-order valence-corrected chi connectivity index (χ1v) is 9.76. The minimum atomic E-state index is -0.221. The van der Waals surface area contributed by atoms with Crippen LogP contribution in [0.2, 0.25) is 0 Å². The van der Waals surface area contributed by atoms with Gasteiger partial charge in [-0.25, -0.2) is 9.37 Å². The van der Waals surface area contributed by atoms with E-state index in [4.69, 9.17) is 4.74 Å². The van der Waals surface area contributed by atoms with Crippen molar-refractivity contribution < 1.29 is 13.9 Å². The molecule has 0 bridgehead atoms. The molecule has 1 aromatic heterocycles. The number of hydrogen-bond acceptors (Lipinski definition) is 4. The second kappa shape index (κ2) is 9.15. The van der Waals surface area contributed by atoms with Crippen LogP contribution in [0, 0.1) is 11.7 Å². The Bertz CT molecular complexity index is 795. The molecule has 2 heterocycles. The van der Waals surface area contributed by atoms with Gasteiger partial charge in [0.1, 0.15) is 11.6 Å². The second-order valence-electron chi connectivity index (χ2n) is 7.57. The van der Waals surface area contributed by atoms with Crippen LogP contribution < -0.4 is 4.74 Å². The summed E-state index contributed by atoms with van der Waals surface area (Å²) in [4.78, 5) is 21.7. The number of pyridine rings is 1. The molecule has 3 rings (SSSR count). The van der Waals surface area contributed by atoms with E-state index in [1.54, 1.807) is 25.4 Å². The molecule has 1 aromatic carbocycles. The third kappa shape index (κ3) is 4.68. The highest BCUT2D eigenvalue weighted by Crippen LogP contribution is 2.23. The van der Waals surface area contributed by atoms with Gasteiger partial charge in [-0.15, -0.1) is 0 Å². The van der Waals surface area contributed by atoms with E-state index in [2.05, 4.69) is 23.7 Å². The molecule has 1 aliphatic rings. The maximum Gasteiger partial charge on any atom is 0.276 e. The molecule has 28 heavy (non-hydrogen) atoms. The second-order valence-corrected chi connectivity index (χ2v) is 7.57. The van der Waals surface area contributed by atoms with E-state index in [1.165, 1.54) is 12.1 Å². The van der Waals surface area contributed by atoms with Crippen molar-refractivity contribution in [2.24, 2.45) is 5.92 Å². The number of halogens is 1. The van der Waals surface area contributed by atoms with E-state index < -0.39 is 0 Å². The van der Waals surface area contributed by atoms with Gasteiger partial charge in [-0.2, -0.15) is 0 Å². The Morgan fingerprint density at radius 1 is 1.25 bits per heavy atom. The molecule has 2 aromatic rings. The topological polar surface area (TPSA) is 45.7 Å². The van der Waals surface area contributed by atoms with Crippen LogP contribution in [-0.4, -0.2) is 53.5 Å². The molecule has 0 radical (unpaired) electrons. The lowest BCUT2D eigenvalue weighted by Crippen LogP contribution is -2.45. The van der Waals surface area contributed by atoms with Crippen molar-refractivity contribution in [1.29, 1.82) is 0 Å². The Morgan fingerprint density at radius 3 is 2.68 bits per heavy atom. The first-order valence-electron chi connectivity index (χ1n) is 9.76. The van der Waals surface area contributed by atoms with Gasteiger partial charge >= 0.3 is 0 Å². The van der Waals surface area contributed by atoms with E-state index in [0.29, 0.717) is 30.5 Å². The number of rotatable bonds is 5. The summed E-state index contributed by atoms with van der Waals surface area (Å²) in [5, 5.41) is 0. The number of nitrogens with zero attached hydrogens (tertiary/aromatic N) is 3. The van der Waals surface area contributed by atoms with Crippen molar-refractivity contribution in [3.63, 3.8) is 0 Å². The summed E-state index contributed by atoms with van der Waals surface area (Å²) >= 11 is 0. The molecule has 1 amide bonds. The summed E-state index contributed by atoms with van der Waals surface area (Å²) in [6.45, 7) is 7.32. The fourth-order valence-electron chi connectivity index (χ4n) is 3.77. The van der Waals surface area contributed by atoms with E-state index in [-0.39, 0.29) is 17.8 Å². The summed E-state index contributed by atoms with van der Waals surface area (Å²) in [5.74, 6) is 0.563. The van der Waals surface area contributed by atoms with Crippen LogP contribution in [0.1, 0.15) is 36.3 Å². The van der Waals surface area contributed by atoms with Crippen LogP contribution in [0.15, 0.2) is 42.6 Å². The maximum absolute atomic E-state index is 13.2. The Morgan fingerprint density at radius 2 is 2.00 bits per heavy atom. The zero-order valence-electron chi connectivity index (χ0n) is 16.8. The predicted octanol–water partition coefficient (Wildman–Crippen LogP) is 3.60. The van der Waals surface area contributed by atoms with Crippen molar-refractivity contribution in [2.75, 3.05) is 26.7 Å². The molecule has 0 N–H and O–H groups in total. The summed E-state index contributed by atoms with van der Waals surface area (Å²) < 4.78 is 18.5. The summed E-state index contributed by atoms with van der Waals surface area (Å²) in [5.41, 5.74) is 1.44. The minimum absolute atomic E-state index is 0.0910. The summed E-state index contributed by atoms with van der Waals surface area (Å²) in [7, 11) is 1.55. The average molecular weight is 385 g/mol. The number of methoxy groups -OCH3 is 1. The molecule has 1 saturated heterocycles. The monoisotopic (exact) mass is 385 g/mol. The lowest BCUT2D eigenvalue weighted by atomic mass is 10.0. The molecule has 5 nitrogen and oxygen atoms in total. The molecule has 0 saturated carbocycles. The number of hydrogen-bond donors (Lipinski definition) is 0. The quantitative estimate of drug-likeness (QED) is 0.789. The number of ether oxygens (including phenoxy) is 1. The van der Waals surface area contributed by atoms with Crippen molar-refractivity contribution >= 4 is 5.91 Å². The third-order valence-corrected chi connectivity index (χ3v) is 5.30. The van der Waals surface area contributed by atoms with Crippen LogP contribution in [0.25, 0.3) is 0 Å². The summed E-state index contributed by atoms with van der Waals surface area (Å²) in [6.07, 6.45) is 2.50. The van der Waals surface area contributed by atoms with E-state index >= 15 is 0 Å². The van der Waals surface area contributed by atoms with Gasteiger partial charge in [0.25, 0.3) is 5.91 Å². The first kappa shape index (κ1) is 20.3. The number of benzene rings is 1. The van der Waals surface area contributed by atoms with Crippen LogP contribution >= 0.6 is 0 Å². The molecule has 6 heteroatoms. The highest BCUT2D eigenvalue weighted by Gasteiger charge is 2.31. The molecule has 1 fully saturated rings. The largest absolute Gasteiger partial charge is 0.494 e. The molecular weight excluding hydrogens is 357 g/mol. The fraction of sp³-hybridized carbons (Fsp3) is 0.455. The van der Waals surface area contributed by atoms with Crippen LogP contribution in [0.3, 0.4) is 0 Å². The van der Waals surface area contributed by atoms with Gasteiger partial charge in [0.05, 0.1) is 7.11 Å². The molecule has 150 valence electrons. The molecule has 0 spiro atoms. The van der Waals surface area contributed by atoms with E-state index in [0.717, 1.165) is 25.1 Å². The highest BCUT2D eigenvalue weighted by molar-refractivity contribution is 5.95. The highest BCUT2D eigenvalue weighted by atomic mass is 19.1. The van der Waals surface area contributed by atoms with E-state index in [1.807, 2.05) is 17.0 Å². The van der Waals surface area contributed by atoms with Gasteiger partial charge in [-0.05, 0) is 42.2 Å². The van der Waals surface area contributed by atoms with E-state index in [9.17, 15) is 9.18 Å². The zero-order chi connectivity index (χ0) is 20.1. The van der Waals surface area contributed by atoms with Crippen molar-refractivity contribution in [1.82, 2.24) is 14.8 Å². The molecule has 0 aliphatic carbocycles. The number of carbonyl (C=O) groups excluding carboxylic acids is 1. The molecule has 1 atom stereocenters. The van der Waals surface area contributed by atoms with Gasteiger partial charge < -0.3 is 9.64 Å². The SMILES string of the molecule is COc1cccnc1C(=O)N1CCCN(Cc2ccc(F)cc2)C(C(C)C)C1. The lowest BCUT2D eigenvalue weighted by Gasteiger charge is -2.34. The number of aromatic nitrogens is 1. The van der Waals surface area contributed by atoms with Crippen LogP contribution in [-0.2, 0) is 6.54 Å². The Kier molecular flexibility index (Phi) is 6.62. The van der Waals surface area contributed by atoms with Crippen molar-refractivity contribution in [3.05, 3.63) is 59.7 Å². The van der Waals surface area contributed by atoms with Gasteiger partial charge in [-0.3, -0.25) is 9.69 Å².